The van der Waals surface area contributed by atoms with Crippen molar-refractivity contribution >= 4 is 21.9 Å². The number of carbonyl (C=O) groups excluding carboxylic acids is 2. The van der Waals surface area contributed by atoms with Gasteiger partial charge in [-0.1, -0.05) is 0 Å². The van der Waals surface area contributed by atoms with Crippen molar-refractivity contribution < 1.29 is 41.8 Å². The maximum Gasteiger partial charge on any atom is 0.261 e. The number of hydrazine groups is 1. The van der Waals surface area contributed by atoms with Gasteiger partial charge in [0.1, 0.15) is 6.10 Å². The number of nitrogens with one attached hydrogen (secondary N) is 1. The van der Waals surface area contributed by atoms with E-state index in [-0.39, 0.29) is 20.5 Å². The summed E-state index contributed by atoms with van der Waals surface area (Å²) in [5.74, 6) is 7.01. The van der Waals surface area contributed by atoms with Crippen LogP contribution in [-0.2, 0) is 19.7 Å². The zero-order chi connectivity index (χ0) is 12.6. The highest BCUT2D eigenvalue weighted by Gasteiger charge is 2.27. The van der Waals surface area contributed by atoms with E-state index in [1.807, 2.05) is 5.32 Å². The summed E-state index contributed by atoms with van der Waals surface area (Å²) in [5.41, 5.74) is 0. The van der Waals surface area contributed by atoms with Crippen LogP contribution in [0.4, 0.5) is 14.1 Å². The Kier molecular flexibility index (Phi) is 23.0. The van der Waals surface area contributed by atoms with Gasteiger partial charge in [0.05, 0.1) is 12.7 Å². The highest BCUT2D eigenvalue weighted by atomic mass is 32.2. The molecule has 13 heteroatoms. The number of hydrogen-bond acceptors (Lipinski definition) is 7. The van der Waals surface area contributed by atoms with Gasteiger partial charge in [-0.2, -0.15) is 8.42 Å². The second kappa shape index (κ2) is 13.8. The van der Waals surface area contributed by atoms with Crippen molar-refractivity contribution in [2.45, 2.75) is 12.5 Å². The smallest absolute Gasteiger partial charge is 0.261 e. The first kappa shape index (κ1) is 30.1. The van der Waals surface area contributed by atoms with Crippen molar-refractivity contribution in [3.8, 4) is 0 Å². The third kappa shape index (κ3) is 24.1. The number of nitrogens with two attached hydrogens (primary N) is 2. The molecule has 0 aromatic carbocycles. The molecule has 1 heterocycles. The van der Waals surface area contributed by atoms with Gasteiger partial charge in [-0.3, -0.25) is 45.3 Å². The minimum absolute atomic E-state index is 0. The van der Waals surface area contributed by atoms with E-state index in [4.69, 9.17) is 9.66 Å². The average Bonchev–Trinajstić information content (AvgIpc) is 2.30. The van der Waals surface area contributed by atoms with E-state index in [9.17, 15) is 18.0 Å². The Hall–Kier alpha value is -1.28. The molecule has 18 heavy (non-hydrogen) atoms. The molecule has 7 N–H and O–H groups in total. The summed E-state index contributed by atoms with van der Waals surface area (Å²) in [5, 5.41) is 10.5. The molecule has 0 bridgehead atoms. The van der Waals surface area contributed by atoms with Gasteiger partial charge in [-0.25, -0.2) is 0 Å². The zero-order valence-corrected chi connectivity index (χ0v) is 9.92. The Morgan fingerprint density at radius 1 is 1.22 bits per heavy atom. The largest absolute Gasteiger partial charge is 0.383 e. The molecule has 2 amide bonds. The number of halogens is 3. The van der Waals surface area contributed by atoms with Gasteiger partial charge < -0.3 is 5.11 Å². The molecule has 1 rings (SSSR count). The molecule has 0 aliphatic carbocycles. The van der Waals surface area contributed by atoms with Crippen molar-refractivity contribution in [3.05, 3.63) is 0 Å². The fourth-order valence-electron chi connectivity index (χ4n) is 0.540. The summed E-state index contributed by atoms with van der Waals surface area (Å²) < 4.78 is 25.9. The fraction of sp³-hybridized carbons (Fsp3) is 0.600. The lowest BCUT2D eigenvalue weighted by molar-refractivity contribution is -0.127. The maximum atomic E-state index is 10.2. The highest BCUT2D eigenvalue weighted by molar-refractivity contribution is 7.85. The Bertz CT molecular complexity index is 316. The molecule has 1 fully saturated rings. The topological polar surface area (TPSA) is 173 Å². The number of hydrogen-bond donors (Lipinski definition) is 5. The standard InChI is InChI=1S/C4H5NO3.CH4O3S.3FH.H4N2/c6-2-1-3(7)5-4(2)8;1-5(2,3)4;;;;1-2/h2,6H,1H2,(H,5,7,8);1H3,(H,2,3,4);3*1H;1-2H2. The van der Waals surface area contributed by atoms with Crippen molar-refractivity contribution in [2.24, 2.45) is 11.7 Å². The number of aliphatic hydroxyl groups is 1. The monoisotopic (exact) mass is 303 g/mol. The molecule has 0 aromatic rings. The van der Waals surface area contributed by atoms with E-state index in [2.05, 4.69) is 11.7 Å². The normalized spacial score (nSPS) is 16.2. The average molecular weight is 303 g/mol. The van der Waals surface area contributed by atoms with Crippen LogP contribution in [0.25, 0.3) is 0 Å². The van der Waals surface area contributed by atoms with E-state index in [0.717, 1.165) is 0 Å². The van der Waals surface area contributed by atoms with E-state index < -0.39 is 28.0 Å². The lowest BCUT2D eigenvalue weighted by Gasteiger charge is -1.88. The SMILES string of the molecule is CS(=O)(=O)O.F.F.F.NN.O=C1CC(O)C(=O)N1. The van der Waals surface area contributed by atoms with Gasteiger partial charge in [-0.15, -0.1) is 0 Å². The van der Waals surface area contributed by atoms with Gasteiger partial charge in [0.15, 0.2) is 0 Å². The van der Waals surface area contributed by atoms with Crippen LogP contribution in [0.3, 0.4) is 0 Å². The molecule has 1 aliphatic rings. The summed E-state index contributed by atoms with van der Waals surface area (Å²) in [6.45, 7) is 0. The van der Waals surface area contributed by atoms with Gasteiger partial charge >= 0.3 is 0 Å². The van der Waals surface area contributed by atoms with Crippen molar-refractivity contribution in [1.29, 1.82) is 0 Å². The lowest BCUT2D eigenvalue weighted by atomic mass is 10.3. The summed E-state index contributed by atoms with van der Waals surface area (Å²) in [6, 6.07) is 0. The van der Waals surface area contributed by atoms with Gasteiger partial charge in [0.25, 0.3) is 16.0 Å². The van der Waals surface area contributed by atoms with Gasteiger partial charge in [0.2, 0.25) is 5.91 Å². The summed E-state index contributed by atoms with van der Waals surface area (Å²) in [7, 11) is -3.67. The van der Waals surface area contributed by atoms with E-state index in [0.29, 0.717) is 6.26 Å². The number of amides is 2. The third-order valence-corrected chi connectivity index (χ3v) is 0.944. The highest BCUT2D eigenvalue weighted by Crippen LogP contribution is 1.98. The van der Waals surface area contributed by atoms with Crippen LogP contribution in [0, 0.1) is 0 Å². The third-order valence-electron chi connectivity index (χ3n) is 0.944. The predicted molar refractivity (Wildman–Crippen MR) is 57.1 cm³/mol. The molecule has 1 unspecified atom stereocenters. The molecule has 0 radical (unpaired) electrons. The summed E-state index contributed by atoms with van der Waals surface area (Å²) >= 11 is 0. The van der Waals surface area contributed by atoms with Crippen molar-refractivity contribution in [2.75, 3.05) is 6.26 Å². The van der Waals surface area contributed by atoms with E-state index in [1.54, 1.807) is 0 Å². The minimum atomic E-state index is -3.67. The van der Waals surface area contributed by atoms with Crippen LogP contribution in [-0.4, -0.2) is 42.3 Å². The van der Waals surface area contributed by atoms with Gasteiger partial charge in [0, 0.05) is 0 Å². The summed E-state index contributed by atoms with van der Waals surface area (Å²) in [6.07, 6.45) is -0.478. The quantitative estimate of drug-likeness (QED) is 0.138. The minimum Gasteiger partial charge on any atom is -0.383 e. The van der Waals surface area contributed by atoms with Gasteiger partial charge in [-0.05, 0) is 0 Å². The van der Waals surface area contributed by atoms with Crippen LogP contribution in [0.2, 0.25) is 0 Å². The number of aliphatic hydroxyl groups excluding tert-OH is 1. The number of carbonyl (C=O) groups is 2. The molecular weight excluding hydrogens is 287 g/mol. The zero-order valence-electron chi connectivity index (χ0n) is 9.10. The first-order chi connectivity index (χ1) is 6.70. The first-order valence-corrected chi connectivity index (χ1v) is 5.32. The number of rotatable bonds is 0. The van der Waals surface area contributed by atoms with Crippen LogP contribution in [0.15, 0.2) is 0 Å². The van der Waals surface area contributed by atoms with E-state index in [1.165, 1.54) is 0 Å². The van der Waals surface area contributed by atoms with Crippen LogP contribution < -0.4 is 17.0 Å². The van der Waals surface area contributed by atoms with Crippen molar-refractivity contribution in [3.63, 3.8) is 0 Å². The Morgan fingerprint density at radius 3 is 1.56 bits per heavy atom. The predicted octanol–water partition coefficient (Wildman–Crippen LogP) is -2.83. The molecule has 114 valence electrons. The Labute approximate surface area is 100 Å². The first-order valence-electron chi connectivity index (χ1n) is 3.47. The number of imide groups is 1. The molecule has 0 aromatic heterocycles. The van der Waals surface area contributed by atoms with Crippen LogP contribution >= 0.6 is 0 Å². The second-order valence-corrected chi connectivity index (χ2v) is 3.83. The second-order valence-electron chi connectivity index (χ2n) is 2.37. The molecule has 1 saturated heterocycles. The van der Waals surface area contributed by atoms with Crippen LogP contribution in [0.5, 0.6) is 0 Å². The molecule has 0 spiro atoms. The Balaban J connectivity index is -0.0000000507. The maximum absolute atomic E-state index is 10.2. The lowest BCUT2D eigenvalue weighted by Crippen LogP contribution is -2.24. The molecule has 9 nitrogen and oxygen atoms in total. The van der Waals surface area contributed by atoms with Crippen molar-refractivity contribution in [1.82, 2.24) is 5.32 Å². The Morgan fingerprint density at radius 2 is 1.50 bits per heavy atom. The molecule has 1 atom stereocenters. The summed E-state index contributed by atoms with van der Waals surface area (Å²) in [4.78, 5) is 20.4. The fourth-order valence-corrected chi connectivity index (χ4v) is 0.540. The molecule has 1 aliphatic heterocycles. The van der Waals surface area contributed by atoms with E-state index >= 15 is 0 Å². The van der Waals surface area contributed by atoms with Crippen LogP contribution in [0.1, 0.15) is 6.42 Å². The molecule has 0 saturated carbocycles. The molecular formula is C5H16F3N3O6S.